The maximum Gasteiger partial charge on any atom is 0.353 e. The van der Waals surface area contributed by atoms with E-state index in [9.17, 15) is 29.4 Å². The van der Waals surface area contributed by atoms with Gasteiger partial charge in [-0.1, -0.05) is 19.6 Å². The molecule has 2 saturated heterocycles. The average Bonchev–Trinajstić information content (AvgIpc) is 3.30. The number of carbonyl (C=O) groups is 4. The normalized spacial score (nSPS) is 28.3. The SMILES string of the molecule is C=C(O)[C@H]1C(=O)N2C(C(=O)O)=C(S[C@@H]3CN[C@H](C(=O)Nc4cccc(C(=O)O)c4)C3)[C@H](C)[C@H]12. The second kappa shape index (κ2) is 8.56. The molecule has 2 amide bonds. The third-order valence-corrected chi connectivity index (χ3v) is 7.69. The van der Waals surface area contributed by atoms with Gasteiger partial charge in [0.1, 0.15) is 11.6 Å². The van der Waals surface area contributed by atoms with Gasteiger partial charge in [-0.3, -0.25) is 14.5 Å². The molecule has 0 radical (unpaired) electrons. The highest BCUT2D eigenvalue weighted by atomic mass is 32.2. The van der Waals surface area contributed by atoms with Crippen LogP contribution in [-0.4, -0.2) is 67.9 Å². The minimum Gasteiger partial charge on any atom is -0.512 e. The molecule has 0 spiro atoms. The zero-order valence-electron chi connectivity index (χ0n) is 17.6. The van der Waals surface area contributed by atoms with Gasteiger partial charge in [0.25, 0.3) is 0 Å². The van der Waals surface area contributed by atoms with Crippen molar-refractivity contribution in [2.45, 2.75) is 30.7 Å². The number of aliphatic hydroxyl groups is 1. The van der Waals surface area contributed by atoms with Crippen LogP contribution in [0.4, 0.5) is 5.69 Å². The molecule has 4 rings (SSSR count). The van der Waals surface area contributed by atoms with Gasteiger partial charge < -0.3 is 26.0 Å². The highest BCUT2D eigenvalue weighted by Gasteiger charge is 2.60. The van der Waals surface area contributed by atoms with E-state index in [1.165, 1.54) is 28.8 Å². The van der Waals surface area contributed by atoms with Crippen LogP contribution in [0, 0.1) is 11.8 Å². The monoisotopic (exact) mass is 473 g/mol. The Morgan fingerprint density at radius 1 is 1.21 bits per heavy atom. The van der Waals surface area contributed by atoms with Gasteiger partial charge in [-0.15, -0.1) is 11.8 Å². The van der Waals surface area contributed by atoms with Crippen molar-refractivity contribution in [1.82, 2.24) is 10.2 Å². The topological polar surface area (TPSA) is 156 Å². The summed E-state index contributed by atoms with van der Waals surface area (Å²) < 4.78 is 0. The number of amides is 2. The number of fused-ring (bicyclic) bond motifs is 1. The third-order valence-electron chi connectivity index (χ3n) is 6.18. The van der Waals surface area contributed by atoms with Gasteiger partial charge in [-0.25, -0.2) is 9.59 Å². The number of carboxylic acid groups (broad SMARTS) is 2. The van der Waals surface area contributed by atoms with Crippen LogP contribution in [0.3, 0.4) is 0 Å². The number of rotatable bonds is 7. The Bertz CT molecular complexity index is 1100. The number of nitrogens with one attached hydrogen (secondary N) is 2. The molecule has 0 saturated carbocycles. The molecule has 3 aliphatic rings. The van der Waals surface area contributed by atoms with Gasteiger partial charge in [0.2, 0.25) is 11.8 Å². The van der Waals surface area contributed by atoms with E-state index < -0.39 is 35.8 Å². The van der Waals surface area contributed by atoms with Crippen LogP contribution in [0.2, 0.25) is 0 Å². The number of aromatic carboxylic acids is 1. The lowest BCUT2D eigenvalue weighted by Gasteiger charge is -2.44. The Morgan fingerprint density at radius 3 is 2.58 bits per heavy atom. The lowest BCUT2D eigenvalue weighted by atomic mass is 9.81. The zero-order valence-corrected chi connectivity index (χ0v) is 18.5. The van der Waals surface area contributed by atoms with E-state index in [2.05, 4.69) is 17.2 Å². The van der Waals surface area contributed by atoms with Gasteiger partial charge in [0.15, 0.2) is 0 Å². The summed E-state index contributed by atoms with van der Waals surface area (Å²) in [6, 6.07) is 4.93. The largest absolute Gasteiger partial charge is 0.512 e. The van der Waals surface area contributed by atoms with Crippen molar-refractivity contribution in [2.75, 3.05) is 11.9 Å². The lowest BCUT2D eigenvalue weighted by molar-refractivity contribution is -0.155. The predicted molar refractivity (Wildman–Crippen MR) is 120 cm³/mol. The highest BCUT2D eigenvalue weighted by Crippen LogP contribution is 2.52. The van der Waals surface area contributed by atoms with Crippen molar-refractivity contribution in [3.05, 3.63) is 52.8 Å². The molecule has 10 nitrogen and oxygen atoms in total. The fourth-order valence-corrected chi connectivity index (χ4v) is 6.09. The maximum atomic E-state index is 12.7. The van der Waals surface area contributed by atoms with Crippen molar-refractivity contribution in [3.8, 4) is 0 Å². The van der Waals surface area contributed by atoms with Gasteiger partial charge in [-0.2, -0.15) is 0 Å². The first kappa shape index (κ1) is 22.9. The average molecular weight is 474 g/mol. The number of hydrogen-bond donors (Lipinski definition) is 5. The molecule has 1 aromatic rings. The van der Waals surface area contributed by atoms with E-state index in [1.54, 1.807) is 12.1 Å². The molecule has 2 fully saturated rings. The first-order valence-corrected chi connectivity index (χ1v) is 11.2. The molecule has 0 unspecified atom stereocenters. The molecular weight excluding hydrogens is 450 g/mol. The lowest BCUT2D eigenvalue weighted by Crippen LogP contribution is -2.60. The van der Waals surface area contributed by atoms with Crippen LogP contribution in [0.15, 0.2) is 47.2 Å². The number of carbonyl (C=O) groups excluding carboxylic acids is 2. The van der Waals surface area contributed by atoms with Crippen molar-refractivity contribution in [3.63, 3.8) is 0 Å². The van der Waals surface area contributed by atoms with Crippen LogP contribution in [-0.2, 0) is 14.4 Å². The fraction of sp³-hybridized carbons (Fsp3) is 0.364. The zero-order chi connectivity index (χ0) is 24.0. The number of benzene rings is 1. The quantitative estimate of drug-likeness (QED) is 0.293. The minimum absolute atomic E-state index is 0.0620. The first-order valence-electron chi connectivity index (χ1n) is 10.3. The molecule has 3 aliphatic heterocycles. The van der Waals surface area contributed by atoms with E-state index in [-0.39, 0.29) is 34.1 Å². The summed E-state index contributed by atoms with van der Waals surface area (Å²) >= 11 is 1.33. The number of aliphatic carboxylic acids is 1. The number of hydrogen-bond acceptors (Lipinski definition) is 7. The summed E-state index contributed by atoms with van der Waals surface area (Å²) in [5.74, 6) is -4.46. The molecule has 0 bridgehead atoms. The number of carboxylic acids is 2. The maximum absolute atomic E-state index is 12.7. The van der Waals surface area contributed by atoms with Gasteiger partial charge in [0.05, 0.1) is 23.4 Å². The summed E-state index contributed by atoms with van der Waals surface area (Å²) in [6.07, 6.45) is 0.424. The molecule has 11 heteroatoms. The fourth-order valence-electron chi connectivity index (χ4n) is 4.61. The molecule has 3 heterocycles. The molecule has 5 atom stereocenters. The van der Waals surface area contributed by atoms with Crippen molar-refractivity contribution < 1.29 is 34.5 Å². The summed E-state index contributed by atoms with van der Waals surface area (Å²) in [6.45, 7) is 5.72. The number of β-lactam (4-membered cyclic amide) rings is 1. The third kappa shape index (κ3) is 3.98. The Labute approximate surface area is 193 Å². The van der Waals surface area contributed by atoms with Crippen molar-refractivity contribution >= 4 is 41.2 Å². The Kier molecular flexibility index (Phi) is 5.93. The standard InChI is InChI=1S/C22H23N3O7S/c1-9-16-15(10(2)26)20(28)25(16)17(22(31)32)18(9)33-13-7-14(23-8-13)19(27)24-12-5-3-4-11(6-12)21(29)30/h3-6,9,13-16,23,26H,2,7-8H2,1H3,(H,24,27)(H,29,30)(H,31,32)/t9-,13+,14+,15-,16-/m1/s1. The Morgan fingerprint density at radius 2 is 1.94 bits per heavy atom. The van der Waals surface area contributed by atoms with E-state index >= 15 is 0 Å². The summed E-state index contributed by atoms with van der Waals surface area (Å²) in [5, 5.41) is 34.3. The molecule has 1 aromatic carbocycles. The number of aliphatic hydroxyl groups excluding tert-OH is 1. The van der Waals surface area contributed by atoms with E-state index in [0.29, 0.717) is 23.6 Å². The molecule has 0 aromatic heterocycles. The summed E-state index contributed by atoms with van der Waals surface area (Å²) in [4.78, 5) is 49.9. The highest BCUT2D eigenvalue weighted by molar-refractivity contribution is 8.03. The van der Waals surface area contributed by atoms with Gasteiger partial charge in [-0.05, 0) is 24.6 Å². The minimum atomic E-state index is -1.21. The van der Waals surface area contributed by atoms with E-state index in [0.717, 1.165) is 0 Å². The Hall–Kier alpha value is -3.31. The Balaban J connectivity index is 1.44. The molecule has 0 aliphatic carbocycles. The second-order valence-electron chi connectivity index (χ2n) is 8.29. The molecule has 33 heavy (non-hydrogen) atoms. The molecule has 174 valence electrons. The van der Waals surface area contributed by atoms with Crippen LogP contribution >= 0.6 is 11.8 Å². The van der Waals surface area contributed by atoms with E-state index in [1.807, 2.05) is 6.92 Å². The first-order chi connectivity index (χ1) is 15.6. The number of thioether (sulfide) groups is 1. The molecule has 5 N–H and O–H groups in total. The number of anilines is 1. The number of nitrogens with zero attached hydrogens (tertiary/aromatic N) is 1. The van der Waals surface area contributed by atoms with Gasteiger partial charge >= 0.3 is 11.9 Å². The smallest absolute Gasteiger partial charge is 0.353 e. The van der Waals surface area contributed by atoms with Crippen molar-refractivity contribution in [2.24, 2.45) is 11.8 Å². The van der Waals surface area contributed by atoms with Crippen LogP contribution in [0.5, 0.6) is 0 Å². The van der Waals surface area contributed by atoms with Crippen LogP contribution in [0.25, 0.3) is 0 Å². The summed E-state index contributed by atoms with van der Waals surface area (Å²) in [7, 11) is 0. The van der Waals surface area contributed by atoms with E-state index in [4.69, 9.17) is 5.11 Å². The molecular formula is C22H23N3O7S. The van der Waals surface area contributed by atoms with Crippen LogP contribution in [0.1, 0.15) is 23.7 Å². The second-order valence-corrected chi connectivity index (χ2v) is 9.63. The van der Waals surface area contributed by atoms with Crippen molar-refractivity contribution in [1.29, 1.82) is 0 Å². The predicted octanol–water partition coefficient (Wildman–Crippen LogP) is 1.63. The van der Waals surface area contributed by atoms with Gasteiger partial charge in [0, 0.05) is 28.3 Å². The summed E-state index contributed by atoms with van der Waals surface area (Å²) in [5.41, 5.74) is 0.363. The van der Waals surface area contributed by atoms with Crippen LogP contribution < -0.4 is 10.6 Å².